The van der Waals surface area contributed by atoms with Crippen molar-refractivity contribution >= 4 is 17.9 Å². The molecule has 0 aromatic rings. The van der Waals surface area contributed by atoms with E-state index in [1.54, 1.807) is 0 Å². The van der Waals surface area contributed by atoms with Crippen LogP contribution in [0.1, 0.15) is 316 Å². The molecule has 0 N–H and O–H groups in total. The molecule has 0 bridgehead atoms. The first-order valence-electron chi connectivity index (χ1n) is 29.5. The number of allylic oxidation sites excluding steroid dienone is 6. The zero-order chi connectivity index (χ0) is 48.6. The number of rotatable bonds is 54. The number of carbonyl (C=O) groups is 3. The predicted molar refractivity (Wildman–Crippen MR) is 289 cm³/mol. The van der Waals surface area contributed by atoms with E-state index < -0.39 is 6.10 Å². The molecule has 6 nitrogen and oxygen atoms in total. The second-order valence-electron chi connectivity index (χ2n) is 19.9. The lowest BCUT2D eigenvalue weighted by molar-refractivity contribution is -0.167. The van der Waals surface area contributed by atoms with Gasteiger partial charge in [-0.3, -0.25) is 14.4 Å². The first-order chi connectivity index (χ1) is 33.0. The summed E-state index contributed by atoms with van der Waals surface area (Å²) in [6.45, 7) is 6.66. The third kappa shape index (κ3) is 54.4. The summed E-state index contributed by atoms with van der Waals surface area (Å²) in [5, 5.41) is 0. The van der Waals surface area contributed by atoms with Crippen molar-refractivity contribution in [2.75, 3.05) is 13.2 Å². The van der Waals surface area contributed by atoms with Crippen molar-refractivity contribution in [1.82, 2.24) is 0 Å². The lowest BCUT2D eigenvalue weighted by Gasteiger charge is -2.18. The third-order valence-corrected chi connectivity index (χ3v) is 13.1. The summed E-state index contributed by atoms with van der Waals surface area (Å²) in [5.41, 5.74) is 0. The minimum atomic E-state index is -0.780. The number of unbranched alkanes of at least 4 members (excludes halogenated alkanes) is 38. The van der Waals surface area contributed by atoms with Crippen LogP contribution in [-0.4, -0.2) is 37.2 Å². The fourth-order valence-corrected chi connectivity index (χ4v) is 8.67. The van der Waals surface area contributed by atoms with Gasteiger partial charge in [0.15, 0.2) is 6.10 Å². The predicted octanol–water partition coefficient (Wildman–Crippen LogP) is 19.7. The lowest BCUT2D eigenvalue weighted by Crippen LogP contribution is -2.30. The van der Waals surface area contributed by atoms with Crippen molar-refractivity contribution in [3.05, 3.63) is 36.5 Å². The van der Waals surface area contributed by atoms with Crippen molar-refractivity contribution < 1.29 is 28.6 Å². The van der Waals surface area contributed by atoms with E-state index in [1.807, 2.05) is 0 Å². The minimum Gasteiger partial charge on any atom is -0.462 e. The van der Waals surface area contributed by atoms with Crippen molar-refractivity contribution in [2.24, 2.45) is 0 Å². The second kappa shape index (κ2) is 56.2. The van der Waals surface area contributed by atoms with Gasteiger partial charge in [-0.1, -0.05) is 263 Å². The van der Waals surface area contributed by atoms with Crippen molar-refractivity contribution in [3.63, 3.8) is 0 Å². The molecule has 67 heavy (non-hydrogen) atoms. The van der Waals surface area contributed by atoms with Crippen LogP contribution in [0.25, 0.3) is 0 Å². The Kier molecular flexibility index (Phi) is 54.2. The lowest BCUT2D eigenvalue weighted by atomic mass is 10.0. The first-order valence-corrected chi connectivity index (χ1v) is 29.5. The molecular weight excluding hydrogens is 829 g/mol. The molecule has 0 saturated heterocycles. The maximum absolute atomic E-state index is 12.9. The SMILES string of the molecule is CCCCCCCCC/C=C\C=C/CCCCCCCC(=O)OCC(COC(=O)CCCCCCCCCCCCCCC)OC(=O)CCCCCCC/C=C\CCCCCCCCCCC. The van der Waals surface area contributed by atoms with Crippen LogP contribution in [-0.2, 0) is 28.6 Å². The maximum Gasteiger partial charge on any atom is 0.306 e. The van der Waals surface area contributed by atoms with E-state index in [4.69, 9.17) is 14.2 Å². The van der Waals surface area contributed by atoms with Crippen LogP contribution in [0, 0.1) is 0 Å². The Balaban J connectivity index is 4.37. The van der Waals surface area contributed by atoms with Crippen LogP contribution >= 0.6 is 0 Å². The Hall–Kier alpha value is -2.37. The average molecular weight is 942 g/mol. The number of carbonyl (C=O) groups excluding carboxylic acids is 3. The molecule has 0 amide bonds. The average Bonchev–Trinajstić information content (AvgIpc) is 3.33. The fraction of sp³-hybridized carbons (Fsp3) is 0.852. The van der Waals surface area contributed by atoms with Gasteiger partial charge >= 0.3 is 17.9 Å². The van der Waals surface area contributed by atoms with Crippen LogP contribution in [0.3, 0.4) is 0 Å². The molecule has 0 radical (unpaired) electrons. The molecule has 0 saturated carbocycles. The highest BCUT2D eigenvalue weighted by Gasteiger charge is 2.19. The smallest absolute Gasteiger partial charge is 0.306 e. The highest BCUT2D eigenvalue weighted by molar-refractivity contribution is 5.71. The van der Waals surface area contributed by atoms with Crippen LogP contribution in [0.5, 0.6) is 0 Å². The molecule has 392 valence electrons. The van der Waals surface area contributed by atoms with Gasteiger partial charge in [-0.25, -0.2) is 0 Å². The zero-order valence-electron chi connectivity index (χ0n) is 44.9. The maximum atomic E-state index is 12.9. The number of ether oxygens (including phenoxy) is 3. The van der Waals surface area contributed by atoms with Gasteiger partial charge in [-0.2, -0.15) is 0 Å². The Morgan fingerprint density at radius 1 is 0.299 bits per heavy atom. The van der Waals surface area contributed by atoms with E-state index in [0.29, 0.717) is 19.3 Å². The van der Waals surface area contributed by atoms with Gasteiger partial charge in [0.25, 0.3) is 0 Å². The fourth-order valence-electron chi connectivity index (χ4n) is 8.67. The number of hydrogen-bond donors (Lipinski definition) is 0. The Morgan fingerprint density at radius 2 is 0.537 bits per heavy atom. The molecular formula is C61H112O6. The molecule has 0 rings (SSSR count). The van der Waals surface area contributed by atoms with Gasteiger partial charge in [-0.15, -0.1) is 0 Å². The molecule has 6 heteroatoms. The van der Waals surface area contributed by atoms with E-state index >= 15 is 0 Å². The molecule has 0 fully saturated rings. The van der Waals surface area contributed by atoms with Gasteiger partial charge in [0.1, 0.15) is 13.2 Å². The molecule has 0 heterocycles. The van der Waals surface area contributed by atoms with E-state index in [-0.39, 0.29) is 31.1 Å². The highest BCUT2D eigenvalue weighted by Crippen LogP contribution is 2.16. The summed E-state index contributed by atoms with van der Waals surface area (Å²) in [5.74, 6) is -0.883. The first kappa shape index (κ1) is 64.6. The number of hydrogen-bond acceptors (Lipinski definition) is 6. The van der Waals surface area contributed by atoms with E-state index in [1.165, 1.54) is 193 Å². The Bertz CT molecular complexity index is 1130. The van der Waals surface area contributed by atoms with Gasteiger partial charge in [0.2, 0.25) is 0 Å². The molecule has 0 aliphatic rings. The van der Waals surface area contributed by atoms with Crippen molar-refractivity contribution in [1.29, 1.82) is 0 Å². The van der Waals surface area contributed by atoms with Crippen LogP contribution in [0.15, 0.2) is 36.5 Å². The summed E-state index contributed by atoms with van der Waals surface area (Å²) in [6, 6.07) is 0. The Labute approximate surface area is 416 Å². The van der Waals surface area contributed by atoms with Gasteiger partial charge in [0.05, 0.1) is 0 Å². The zero-order valence-corrected chi connectivity index (χ0v) is 44.9. The van der Waals surface area contributed by atoms with Crippen LogP contribution in [0.4, 0.5) is 0 Å². The topological polar surface area (TPSA) is 78.9 Å². The molecule has 0 aromatic carbocycles. The molecule has 1 atom stereocenters. The van der Waals surface area contributed by atoms with Gasteiger partial charge < -0.3 is 14.2 Å². The summed E-state index contributed by atoms with van der Waals surface area (Å²) >= 11 is 0. The molecule has 0 spiro atoms. The van der Waals surface area contributed by atoms with E-state index in [2.05, 4.69) is 57.2 Å². The highest BCUT2D eigenvalue weighted by atomic mass is 16.6. The quantitative estimate of drug-likeness (QED) is 0.0199. The largest absolute Gasteiger partial charge is 0.462 e. The molecule has 0 aliphatic carbocycles. The minimum absolute atomic E-state index is 0.0770. The Morgan fingerprint density at radius 3 is 0.836 bits per heavy atom. The molecule has 1 unspecified atom stereocenters. The number of esters is 3. The second-order valence-corrected chi connectivity index (χ2v) is 19.9. The molecule has 0 aromatic heterocycles. The molecule has 0 aliphatic heterocycles. The summed E-state index contributed by atoms with van der Waals surface area (Å²) in [4.78, 5) is 38.1. The summed E-state index contributed by atoms with van der Waals surface area (Å²) in [6.07, 6.45) is 67.0. The normalized spacial score (nSPS) is 12.2. The van der Waals surface area contributed by atoms with Gasteiger partial charge in [0, 0.05) is 19.3 Å². The monoisotopic (exact) mass is 941 g/mol. The standard InChI is InChI=1S/C61H112O6/c1-4-7-10-13-16-19-22-25-27-29-31-33-36-39-42-45-48-51-54-60(63)66-57-58(56-65-59(62)53-50-47-44-41-38-35-24-21-18-15-12-9-6-3)67-61(64)55-52-49-46-43-40-37-34-32-30-28-26-23-20-17-14-11-8-5-2/h27,29,31-34,58H,4-26,28,30,35-57H2,1-3H3/b29-27-,33-31-,34-32-. The van der Waals surface area contributed by atoms with Gasteiger partial charge in [-0.05, 0) is 70.6 Å². The van der Waals surface area contributed by atoms with Crippen LogP contribution in [0.2, 0.25) is 0 Å². The summed E-state index contributed by atoms with van der Waals surface area (Å²) < 4.78 is 16.9. The van der Waals surface area contributed by atoms with Crippen LogP contribution < -0.4 is 0 Å². The summed E-state index contributed by atoms with van der Waals surface area (Å²) in [7, 11) is 0. The van der Waals surface area contributed by atoms with Crippen molar-refractivity contribution in [3.8, 4) is 0 Å². The van der Waals surface area contributed by atoms with Crippen molar-refractivity contribution in [2.45, 2.75) is 322 Å². The van der Waals surface area contributed by atoms with E-state index in [0.717, 1.165) is 83.5 Å². The van der Waals surface area contributed by atoms with E-state index in [9.17, 15) is 14.4 Å². The third-order valence-electron chi connectivity index (χ3n) is 13.1.